The summed E-state index contributed by atoms with van der Waals surface area (Å²) in [7, 11) is 1.57. The molecule has 1 aromatic carbocycles. The Kier molecular flexibility index (Phi) is 4.09. The van der Waals surface area contributed by atoms with Gasteiger partial charge in [0.05, 0.1) is 17.7 Å². The largest absolute Gasteiger partial charge is 0.497 e. The van der Waals surface area contributed by atoms with Crippen molar-refractivity contribution in [3.63, 3.8) is 0 Å². The number of benzene rings is 1. The minimum absolute atomic E-state index is 0.0176. The van der Waals surface area contributed by atoms with Crippen LogP contribution in [0.25, 0.3) is 0 Å². The van der Waals surface area contributed by atoms with Crippen molar-refractivity contribution in [1.82, 2.24) is 10.2 Å². The van der Waals surface area contributed by atoms with Crippen LogP contribution in [0.1, 0.15) is 17.3 Å². The molecular formula is C13H17ClN2O2. The lowest BCUT2D eigenvalue weighted by Crippen LogP contribution is -2.51. The number of nitrogens with zero attached hydrogens (tertiary/aromatic N) is 1. The number of piperazine rings is 1. The van der Waals surface area contributed by atoms with Crippen LogP contribution < -0.4 is 10.1 Å². The zero-order valence-corrected chi connectivity index (χ0v) is 11.3. The number of rotatable bonds is 2. The standard InChI is InChI=1S/C13H17ClN2O2/c1-9-8-16(6-5-15-9)13(17)11-4-3-10(18-2)7-12(11)14/h3-4,7,9,15H,5-6,8H2,1-2H3. The molecule has 1 N–H and O–H groups in total. The van der Waals surface area contributed by atoms with Crippen LogP contribution in [0.15, 0.2) is 18.2 Å². The smallest absolute Gasteiger partial charge is 0.255 e. The Morgan fingerprint density at radius 3 is 2.94 bits per heavy atom. The second-order valence-electron chi connectivity index (χ2n) is 4.45. The molecule has 1 heterocycles. The van der Waals surface area contributed by atoms with Gasteiger partial charge in [0, 0.05) is 25.7 Å². The number of halogens is 1. The monoisotopic (exact) mass is 268 g/mol. The van der Waals surface area contributed by atoms with E-state index in [0.29, 0.717) is 35.5 Å². The highest BCUT2D eigenvalue weighted by Gasteiger charge is 2.23. The molecule has 5 heteroatoms. The molecule has 0 bridgehead atoms. The number of ether oxygens (including phenoxy) is 1. The molecule has 1 unspecified atom stereocenters. The molecule has 1 saturated heterocycles. The summed E-state index contributed by atoms with van der Waals surface area (Å²) in [6, 6.07) is 5.46. The Bertz CT molecular complexity index is 451. The molecule has 4 nitrogen and oxygen atoms in total. The molecule has 1 atom stereocenters. The highest BCUT2D eigenvalue weighted by Crippen LogP contribution is 2.23. The van der Waals surface area contributed by atoms with Crippen LogP contribution in [0.4, 0.5) is 0 Å². The second kappa shape index (κ2) is 5.59. The van der Waals surface area contributed by atoms with Gasteiger partial charge in [-0.2, -0.15) is 0 Å². The molecule has 1 aliphatic heterocycles. The first kappa shape index (κ1) is 13.2. The van der Waals surface area contributed by atoms with Gasteiger partial charge in [0.25, 0.3) is 5.91 Å². The van der Waals surface area contributed by atoms with E-state index >= 15 is 0 Å². The highest BCUT2D eigenvalue weighted by molar-refractivity contribution is 6.34. The normalized spacial score (nSPS) is 19.7. The third-order valence-corrected chi connectivity index (χ3v) is 3.38. The molecule has 1 amide bonds. The Hall–Kier alpha value is -1.26. The van der Waals surface area contributed by atoms with Crippen LogP contribution in [-0.2, 0) is 0 Å². The maximum atomic E-state index is 12.3. The molecule has 1 aliphatic rings. The third kappa shape index (κ3) is 2.76. The van der Waals surface area contributed by atoms with E-state index in [9.17, 15) is 4.79 Å². The van der Waals surface area contributed by atoms with E-state index in [4.69, 9.17) is 16.3 Å². The number of methoxy groups -OCH3 is 1. The molecule has 1 aromatic rings. The van der Waals surface area contributed by atoms with Crippen LogP contribution in [0, 0.1) is 0 Å². The van der Waals surface area contributed by atoms with Gasteiger partial charge in [-0.3, -0.25) is 4.79 Å². The van der Waals surface area contributed by atoms with Crippen molar-refractivity contribution in [1.29, 1.82) is 0 Å². The van der Waals surface area contributed by atoms with Gasteiger partial charge in [0.1, 0.15) is 5.75 Å². The molecule has 0 aliphatic carbocycles. The minimum atomic E-state index is -0.0176. The Morgan fingerprint density at radius 2 is 2.33 bits per heavy atom. The Balaban J connectivity index is 2.17. The molecule has 2 rings (SSSR count). The summed E-state index contributed by atoms with van der Waals surface area (Å²) < 4.78 is 5.07. The van der Waals surface area contributed by atoms with Gasteiger partial charge in [-0.15, -0.1) is 0 Å². The lowest BCUT2D eigenvalue weighted by atomic mass is 10.1. The molecule has 0 radical (unpaired) electrons. The van der Waals surface area contributed by atoms with Crippen LogP contribution >= 0.6 is 11.6 Å². The van der Waals surface area contributed by atoms with E-state index in [0.717, 1.165) is 6.54 Å². The fraction of sp³-hybridized carbons (Fsp3) is 0.462. The van der Waals surface area contributed by atoms with Crippen molar-refractivity contribution in [2.24, 2.45) is 0 Å². The van der Waals surface area contributed by atoms with Gasteiger partial charge in [-0.05, 0) is 25.1 Å². The van der Waals surface area contributed by atoms with Gasteiger partial charge >= 0.3 is 0 Å². The molecule has 0 spiro atoms. The summed E-state index contributed by atoms with van der Waals surface area (Å²) >= 11 is 6.12. The van der Waals surface area contributed by atoms with Crippen molar-refractivity contribution in [3.8, 4) is 5.75 Å². The molecule has 1 fully saturated rings. The fourth-order valence-corrected chi connectivity index (χ4v) is 2.33. The zero-order chi connectivity index (χ0) is 13.1. The molecule has 98 valence electrons. The lowest BCUT2D eigenvalue weighted by molar-refractivity contribution is 0.0709. The maximum Gasteiger partial charge on any atom is 0.255 e. The van der Waals surface area contributed by atoms with E-state index in [1.54, 1.807) is 25.3 Å². The molecule has 0 saturated carbocycles. The summed E-state index contributed by atoms with van der Waals surface area (Å²) in [5, 5.41) is 3.74. The number of amides is 1. The Morgan fingerprint density at radius 1 is 1.56 bits per heavy atom. The first-order valence-electron chi connectivity index (χ1n) is 5.98. The van der Waals surface area contributed by atoms with Gasteiger partial charge < -0.3 is 15.0 Å². The van der Waals surface area contributed by atoms with Gasteiger partial charge in [0.15, 0.2) is 0 Å². The van der Waals surface area contributed by atoms with E-state index < -0.39 is 0 Å². The Labute approximate surface area is 112 Å². The van der Waals surface area contributed by atoms with E-state index in [2.05, 4.69) is 12.2 Å². The van der Waals surface area contributed by atoms with Crippen LogP contribution in [0.3, 0.4) is 0 Å². The summed E-state index contributed by atoms with van der Waals surface area (Å²) in [6.07, 6.45) is 0. The molecular weight excluding hydrogens is 252 g/mol. The zero-order valence-electron chi connectivity index (χ0n) is 10.6. The number of hydrogen-bond acceptors (Lipinski definition) is 3. The lowest BCUT2D eigenvalue weighted by Gasteiger charge is -2.32. The van der Waals surface area contributed by atoms with Crippen molar-refractivity contribution < 1.29 is 9.53 Å². The van der Waals surface area contributed by atoms with Gasteiger partial charge in [-0.25, -0.2) is 0 Å². The molecule has 18 heavy (non-hydrogen) atoms. The summed E-state index contributed by atoms with van der Waals surface area (Å²) in [5.41, 5.74) is 0.534. The van der Waals surface area contributed by atoms with E-state index in [1.165, 1.54) is 0 Å². The summed E-state index contributed by atoms with van der Waals surface area (Å²) in [5.74, 6) is 0.640. The second-order valence-corrected chi connectivity index (χ2v) is 4.86. The number of nitrogens with one attached hydrogen (secondary N) is 1. The number of carbonyl (C=O) groups excluding carboxylic acids is 1. The highest BCUT2D eigenvalue weighted by atomic mass is 35.5. The minimum Gasteiger partial charge on any atom is -0.497 e. The number of hydrogen-bond donors (Lipinski definition) is 1. The number of carbonyl (C=O) groups is 1. The predicted molar refractivity (Wildman–Crippen MR) is 71.4 cm³/mol. The summed E-state index contributed by atoms with van der Waals surface area (Å²) in [6.45, 7) is 4.31. The quantitative estimate of drug-likeness (QED) is 0.889. The van der Waals surface area contributed by atoms with E-state index in [-0.39, 0.29) is 5.91 Å². The van der Waals surface area contributed by atoms with Crippen molar-refractivity contribution >= 4 is 17.5 Å². The SMILES string of the molecule is COc1ccc(C(=O)N2CCNC(C)C2)c(Cl)c1. The first-order chi connectivity index (χ1) is 8.61. The van der Waals surface area contributed by atoms with Crippen LogP contribution in [0.5, 0.6) is 5.75 Å². The average Bonchev–Trinajstić information content (AvgIpc) is 2.37. The summed E-state index contributed by atoms with van der Waals surface area (Å²) in [4.78, 5) is 14.2. The fourth-order valence-electron chi connectivity index (χ4n) is 2.08. The third-order valence-electron chi connectivity index (χ3n) is 3.06. The van der Waals surface area contributed by atoms with Gasteiger partial charge in [0.2, 0.25) is 0 Å². The molecule has 0 aromatic heterocycles. The van der Waals surface area contributed by atoms with Crippen LogP contribution in [-0.4, -0.2) is 43.6 Å². The van der Waals surface area contributed by atoms with Crippen LogP contribution in [0.2, 0.25) is 5.02 Å². The topological polar surface area (TPSA) is 41.6 Å². The first-order valence-corrected chi connectivity index (χ1v) is 6.36. The average molecular weight is 269 g/mol. The van der Waals surface area contributed by atoms with Crippen molar-refractivity contribution in [2.45, 2.75) is 13.0 Å². The van der Waals surface area contributed by atoms with Crippen molar-refractivity contribution in [3.05, 3.63) is 28.8 Å². The van der Waals surface area contributed by atoms with Gasteiger partial charge in [-0.1, -0.05) is 11.6 Å². The predicted octanol–water partition coefficient (Wildman–Crippen LogP) is 1.78. The van der Waals surface area contributed by atoms with Crippen molar-refractivity contribution in [2.75, 3.05) is 26.7 Å². The van der Waals surface area contributed by atoms with E-state index in [1.807, 2.05) is 4.90 Å². The maximum absolute atomic E-state index is 12.3.